The standard InChI is InChI=1S/C13H15FN2O2S/c1-10-8-16(19(17,18)9-10)12-5-4-11(3-2-6-15)13(14)7-12/h4-5,7,10H,6,8-9,15H2,1H3. The second-order valence-electron chi connectivity index (χ2n) is 4.58. The summed E-state index contributed by atoms with van der Waals surface area (Å²) >= 11 is 0. The van der Waals surface area contributed by atoms with Crippen LogP contribution in [0.25, 0.3) is 0 Å². The molecule has 2 N–H and O–H groups in total. The number of hydrogen-bond acceptors (Lipinski definition) is 3. The quantitative estimate of drug-likeness (QED) is 0.779. The molecule has 1 unspecified atom stereocenters. The molecule has 0 radical (unpaired) electrons. The molecule has 0 spiro atoms. The fraction of sp³-hybridized carbons (Fsp3) is 0.385. The molecule has 19 heavy (non-hydrogen) atoms. The van der Waals surface area contributed by atoms with Crippen LogP contribution >= 0.6 is 0 Å². The first-order valence-electron chi connectivity index (χ1n) is 5.93. The van der Waals surface area contributed by atoms with Gasteiger partial charge in [0.15, 0.2) is 0 Å². The lowest BCUT2D eigenvalue weighted by atomic mass is 10.1. The molecule has 1 aromatic carbocycles. The van der Waals surface area contributed by atoms with Gasteiger partial charge in [0, 0.05) is 6.54 Å². The molecule has 0 aliphatic carbocycles. The number of nitrogens with two attached hydrogens (primary N) is 1. The number of anilines is 1. The van der Waals surface area contributed by atoms with E-state index in [4.69, 9.17) is 5.73 Å². The Balaban J connectivity index is 2.35. The van der Waals surface area contributed by atoms with Gasteiger partial charge in [0.2, 0.25) is 10.0 Å². The third-order valence-corrected chi connectivity index (χ3v) is 4.90. The van der Waals surface area contributed by atoms with Crippen molar-refractivity contribution in [2.24, 2.45) is 11.7 Å². The Morgan fingerprint density at radius 1 is 1.53 bits per heavy atom. The molecule has 1 atom stereocenters. The first-order chi connectivity index (χ1) is 8.94. The van der Waals surface area contributed by atoms with E-state index in [1.807, 2.05) is 6.92 Å². The zero-order valence-electron chi connectivity index (χ0n) is 10.6. The largest absolute Gasteiger partial charge is 0.320 e. The fourth-order valence-corrected chi connectivity index (χ4v) is 3.99. The minimum absolute atomic E-state index is 0.0461. The number of nitrogens with zero attached hydrogens (tertiary/aromatic N) is 1. The molecule has 1 aromatic rings. The van der Waals surface area contributed by atoms with Gasteiger partial charge in [0.05, 0.1) is 23.5 Å². The van der Waals surface area contributed by atoms with E-state index in [0.717, 1.165) is 0 Å². The van der Waals surface area contributed by atoms with Crippen molar-refractivity contribution >= 4 is 15.7 Å². The molecule has 102 valence electrons. The van der Waals surface area contributed by atoms with Crippen molar-refractivity contribution < 1.29 is 12.8 Å². The molecule has 4 nitrogen and oxygen atoms in total. The molecule has 6 heteroatoms. The van der Waals surface area contributed by atoms with Gasteiger partial charge in [-0.1, -0.05) is 18.8 Å². The van der Waals surface area contributed by atoms with Crippen LogP contribution in [0.4, 0.5) is 10.1 Å². The molecule has 1 aliphatic heterocycles. The fourth-order valence-electron chi connectivity index (χ4n) is 2.07. The van der Waals surface area contributed by atoms with Crippen LogP contribution in [0, 0.1) is 23.6 Å². The van der Waals surface area contributed by atoms with Gasteiger partial charge in [0.25, 0.3) is 0 Å². The summed E-state index contributed by atoms with van der Waals surface area (Å²) in [6.45, 7) is 2.39. The molecule has 0 saturated carbocycles. The molecule has 0 aromatic heterocycles. The molecule has 1 aliphatic rings. The summed E-state index contributed by atoms with van der Waals surface area (Å²) < 4.78 is 38.9. The van der Waals surface area contributed by atoms with Crippen LogP contribution in [0.2, 0.25) is 0 Å². The van der Waals surface area contributed by atoms with Crippen molar-refractivity contribution in [2.75, 3.05) is 23.1 Å². The van der Waals surface area contributed by atoms with Crippen LogP contribution < -0.4 is 10.0 Å². The predicted molar refractivity (Wildman–Crippen MR) is 72.6 cm³/mol. The molecule has 0 bridgehead atoms. The summed E-state index contributed by atoms with van der Waals surface area (Å²) in [4.78, 5) is 0. The van der Waals surface area contributed by atoms with Crippen molar-refractivity contribution in [3.05, 3.63) is 29.6 Å². The highest BCUT2D eigenvalue weighted by Gasteiger charge is 2.33. The second-order valence-corrected chi connectivity index (χ2v) is 6.52. The van der Waals surface area contributed by atoms with E-state index in [1.54, 1.807) is 6.07 Å². The Hall–Kier alpha value is -1.58. The van der Waals surface area contributed by atoms with Crippen molar-refractivity contribution in [3.63, 3.8) is 0 Å². The van der Waals surface area contributed by atoms with Crippen LogP contribution in [-0.4, -0.2) is 27.3 Å². The highest BCUT2D eigenvalue weighted by atomic mass is 32.2. The SMILES string of the molecule is CC1CN(c2ccc(C#CCN)c(F)c2)S(=O)(=O)C1. The van der Waals surface area contributed by atoms with Crippen molar-refractivity contribution in [1.82, 2.24) is 0 Å². The van der Waals surface area contributed by atoms with Gasteiger partial charge in [-0.3, -0.25) is 4.31 Å². The third-order valence-electron chi connectivity index (χ3n) is 2.87. The van der Waals surface area contributed by atoms with E-state index in [-0.39, 0.29) is 23.8 Å². The minimum atomic E-state index is -3.33. The van der Waals surface area contributed by atoms with E-state index >= 15 is 0 Å². The number of benzene rings is 1. The van der Waals surface area contributed by atoms with Crippen LogP contribution in [0.5, 0.6) is 0 Å². The number of rotatable bonds is 1. The molecule has 1 saturated heterocycles. The zero-order valence-corrected chi connectivity index (χ0v) is 11.4. The van der Waals surface area contributed by atoms with Gasteiger partial charge in [-0.05, 0) is 24.1 Å². The average molecular weight is 282 g/mol. The van der Waals surface area contributed by atoms with Gasteiger partial charge < -0.3 is 5.73 Å². The Labute approximate surface area is 112 Å². The molecular formula is C13H15FN2O2S. The maximum Gasteiger partial charge on any atom is 0.235 e. The van der Waals surface area contributed by atoms with Crippen LogP contribution in [0.15, 0.2) is 18.2 Å². The summed E-state index contributed by atoms with van der Waals surface area (Å²) in [7, 11) is -3.33. The van der Waals surface area contributed by atoms with Gasteiger partial charge in [-0.15, -0.1) is 0 Å². The topological polar surface area (TPSA) is 63.4 Å². The summed E-state index contributed by atoms with van der Waals surface area (Å²) in [5, 5.41) is 0. The number of hydrogen-bond donors (Lipinski definition) is 1. The zero-order chi connectivity index (χ0) is 14.0. The van der Waals surface area contributed by atoms with Crippen molar-refractivity contribution in [2.45, 2.75) is 6.92 Å². The summed E-state index contributed by atoms with van der Waals surface area (Å²) in [5.41, 5.74) is 5.79. The Bertz CT molecular complexity index is 646. The monoisotopic (exact) mass is 282 g/mol. The van der Waals surface area contributed by atoms with E-state index < -0.39 is 15.8 Å². The van der Waals surface area contributed by atoms with E-state index in [2.05, 4.69) is 11.8 Å². The predicted octanol–water partition coefficient (Wildman–Crippen LogP) is 0.922. The summed E-state index contributed by atoms with van der Waals surface area (Å²) in [6.07, 6.45) is 0. The first kappa shape index (κ1) is 13.8. The maximum atomic E-state index is 13.8. The Kier molecular flexibility index (Phi) is 3.78. The lowest BCUT2D eigenvalue weighted by Gasteiger charge is -2.17. The molecule has 1 fully saturated rings. The normalized spacial score (nSPS) is 21.0. The Morgan fingerprint density at radius 3 is 2.79 bits per heavy atom. The Morgan fingerprint density at radius 2 is 2.26 bits per heavy atom. The highest BCUT2D eigenvalue weighted by Crippen LogP contribution is 2.28. The smallest absolute Gasteiger partial charge is 0.235 e. The van der Waals surface area contributed by atoms with Gasteiger partial charge in [-0.25, -0.2) is 12.8 Å². The second kappa shape index (κ2) is 5.19. The minimum Gasteiger partial charge on any atom is -0.320 e. The highest BCUT2D eigenvalue weighted by molar-refractivity contribution is 7.93. The van der Waals surface area contributed by atoms with Crippen LogP contribution in [-0.2, 0) is 10.0 Å². The van der Waals surface area contributed by atoms with Crippen LogP contribution in [0.3, 0.4) is 0 Å². The van der Waals surface area contributed by atoms with Crippen molar-refractivity contribution in [1.29, 1.82) is 0 Å². The van der Waals surface area contributed by atoms with E-state index in [1.165, 1.54) is 16.4 Å². The van der Waals surface area contributed by atoms with Gasteiger partial charge in [0.1, 0.15) is 5.82 Å². The summed E-state index contributed by atoms with van der Waals surface area (Å²) in [5.74, 6) is 4.78. The lowest BCUT2D eigenvalue weighted by Crippen LogP contribution is -2.25. The van der Waals surface area contributed by atoms with Gasteiger partial charge in [-0.2, -0.15) is 0 Å². The molecule has 0 amide bonds. The lowest BCUT2D eigenvalue weighted by molar-refractivity contribution is 0.597. The van der Waals surface area contributed by atoms with Crippen molar-refractivity contribution in [3.8, 4) is 11.8 Å². The first-order valence-corrected chi connectivity index (χ1v) is 7.54. The van der Waals surface area contributed by atoms with E-state index in [0.29, 0.717) is 12.2 Å². The summed E-state index contributed by atoms with van der Waals surface area (Å²) in [6, 6.07) is 4.25. The van der Waals surface area contributed by atoms with Crippen LogP contribution in [0.1, 0.15) is 12.5 Å². The van der Waals surface area contributed by atoms with Gasteiger partial charge >= 0.3 is 0 Å². The third kappa shape index (κ3) is 2.88. The average Bonchev–Trinajstić information content (AvgIpc) is 2.61. The molecule has 1 heterocycles. The number of sulfonamides is 1. The number of halogens is 1. The molecular weight excluding hydrogens is 267 g/mol. The maximum absolute atomic E-state index is 13.8. The molecule has 2 rings (SSSR count). The van der Waals surface area contributed by atoms with E-state index in [9.17, 15) is 12.8 Å².